The van der Waals surface area contributed by atoms with E-state index in [0.29, 0.717) is 23.6 Å². The summed E-state index contributed by atoms with van der Waals surface area (Å²) >= 11 is 1.89. The first-order valence-corrected chi connectivity index (χ1v) is 15.1. The molecule has 3 aromatic rings. The third-order valence-electron chi connectivity index (χ3n) is 8.93. The van der Waals surface area contributed by atoms with Crippen LogP contribution >= 0.6 is 11.8 Å². The molecule has 1 amide bonds. The van der Waals surface area contributed by atoms with E-state index in [0.717, 1.165) is 80.6 Å². The van der Waals surface area contributed by atoms with Crippen molar-refractivity contribution in [3.05, 3.63) is 30.7 Å². The van der Waals surface area contributed by atoms with E-state index in [1.807, 2.05) is 39.6 Å². The molecule has 2 atom stereocenters. The number of rotatable bonds is 7. The number of anilines is 3. The van der Waals surface area contributed by atoms with E-state index >= 15 is 0 Å². The number of hydrogen-bond acceptors (Lipinski definition) is 9. The molecule has 1 aliphatic carbocycles. The first-order valence-electron chi connectivity index (χ1n) is 14.0. The molecule has 0 radical (unpaired) electrons. The van der Waals surface area contributed by atoms with Crippen molar-refractivity contribution < 1.29 is 9.59 Å². The molecule has 0 aromatic carbocycles. The summed E-state index contributed by atoms with van der Waals surface area (Å²) < 4.78 is 3.47. The zero-order valence-corrected chi connectivity index (χ0v) is 23.1. The van der Waals surface area contributed by atoms with Gasteiger partial charge in [-0.2, -0.15) is 21.8 Å². The monoisotopic (exact) mass is 549 g/mol. The Labute approximate surface area is 231 Å². The Morgan fingerprint density at radius 3 is 2.59 bits per heavy atom. The largest absolute Gasteiger partial charge is 0.368 e. The van der Waals surface area contributed by atoms with Crippen LogP contribution in [0.3, 0.4) is 0 Å². The molecule has 0 spiro atoms. The Kier molecular flexibility index (Phi) is 6.46. The van der Waals surface area contributed by atoms with E-state index in [9.17, 15) is 9.59 Å². The Balaban J connectivity index is 1.03. The fourth-order valence-electron chi connectivity index (χ4n) is 6.69. The van der Waals surface area contributed by atoms with Crippen LogP contribution in [-0.2, 0) is 16.1 Å². The molecule has 6 heterocycles. The van der Waals surface area contributed by atoms with Crippen molar-refractivity contribution in [3.8, 4) is 0 Å². The van der Waals surface area contributed by atoms with Gasteiger partial charge in [0.25, 0.3) is 0 Å². The highest BCUT2D eigenvalue weighted by Crippen LogP contribution is 2.46. The number of nitrogens with zero attached hydrogens (tertiary/aromatic N) is 8. The van der Waals surface area contributed by atoms with Crippen LogP contribution in [0.15, 0.2) is 30.7 Å². The van der Waals surface area contributed by atoms with E-state index in [4.69, 9.17) is 4.98 Å². The number of aromatic nitrogens is 5. The van der Waals surface area contributed by atoms with Crippen molar-refractivity contribution in [2.24, 2.45) is 23.7 Å². The molecule has 1 saturated carbocycles. The SMILES string of the molecule is CN1CCN(C(=O)Cn2cc(Nc3nc4c(N5CC6CCC(C5)C6C(=O)C5CSC5)cccn4n3)cn2)CC1. The molecule has 2 unspecified atom stereocenters. The number of piperidine rings is 1. The van der Waals surface area contributed by atoms with Crippen LogP contribution in [0.5, 0.6) is 0 Å². The summed E-state index contributed by atoms with van der Waals surface area (Å²) in [5.74, 6) is 4.52. The lowest BCUT2D eigenvalue weighted by atomic mass is 9.78. The lowest BCUT2D eigenvalue weighted by Crippen LogP contribution is -2.48. The zero-order chi connectivity index (χ0) is 26.5. The minimum atomic E-state index is 0.0826. The van der Waals surface area contributed by atoms with Gasteiger partial charge in [-0.25, -0.2) is 4.52 Å². The van der Waals surface area contributed by atoms with Gasteiger partial charge in [0.15, 0.2) is 5.65 Å². The third kappa shape index (κ3) is 4.77. The molecule has 4 aliphatic rings. The molecule has 7 rings (SSSR count). The lowest BCUT2D eigenvalue weighted by molar-refractivity contribution is -0.133. The highest BCUT2D eigenvalue weighted by Gasteiger charge is 2.48. The van der Waals surface area contributed by atoms with Gasteiger partial charge in [-0.15, -0.1) is 5.10 Å². The second-order valence-corrected chi connectivity index (χ2v) is 12.6. The van der Waals surface area contributed by atoms with Crippen LogP contribution in [0.25, 0.3) is 5.65 Å². The Morgan fingerprint density at radius 2 is 1.87 bits per heavy atom. The number of fused-ring (bicyclic) bond motifs is 3. The maximum atomic E-state index is 13.1. The predicted molar refractivity (Wildman–Crippen MR) is 150 cm³/mol. The molecule has 11 nitrogen and oxygen atoms in total. The van der Waals surface area contributed by atoms with E-state index in [1.54, 1.807) is 10.9 Å². The fourth-order valence-corrected chi connectivity index (χ4v) is 7.49. The summed E-state index contributed by atoms with van der Waals surface area (Å²) in [5.41, 5.74) is 2.61. The summed E-state index contributed by atoms with van der Waals surface area (Å²) in [5, 5.41) is 12.3. The second kappa shape index (κ2) is 10.1. The average molecular weight is 550 g/mol. The zero-order valence-electron chi connectivity index (χ0n) is 22.3. The van der Waals surface area contributed by atoms with Crippen LogP contribution in [0, 0.1) is 23.7 Å². The van der Waals surface area contributed by atoms with Gasteiger partial charge < -0.3 is 20.0 Å². The summed E-state index contributed by atoms with van der Waals surface area (Å²) in [6, 6.07) is 4.12. The number of likely N-dealkylation sites (N-methyl/N-ethyl adjacent to an activating group) is 1. The molecule has 1 N–H and O–H groups in total. The molecule has 12 heteroatoms. The van der Waals surface area contributed by atoms with E-state index < -0.39 is 0 Å². The minimum Gasteiger partial charge on any atom is -0.368 e. The van der Waals surface area contributed by atoms with Crippen LogP contribution in [0.4, 0.5) is 17.3 Å². The van der Waals surface area contributed by atoms with Gasteiger partial charge >= 0.3 is 0 Å². The highest BCUT2D eigenvalue weighted by atomic mass is 32.2. The van der Waals surface area contributed by atoms with Crippen LogP contribution in [0.1, 0.15) is 12.8 Å². The van der Waals surface area contributed by atoms with Crippen molar-refractivity contribution in [2.75, 3.05) is 68.0 Å². The Hall–Kier alpha value is -3.12. The number of nitrogens with one attached hydrogen (secondary N) is 1. The summed E-state index contributed by atoms with van der Waals surface area (Å²) in [6.45, 7) is 5.32. The van der Waals surface area contributed by atoms with Gasteiger partial charge in [0.1, 0.15) is 12.3 Å². The molecule has 206 valence electrons. The summed E-state index contributed by atoms with van der Waals surface area (Å²) in [7, 11) is 2.08. The minimum absolute atomic E-state index is 0.0826. The van der Waals surface area contributed by atoms with E-state index in [1.165, 1.54) is 0 Å². The van der Waals surface area contributed by atoms with Gasteiger partial charge in [0.05, 0.1) is 17.6 Å². The molecule has 3 saturated heterocycles. The van der Waals surface area contributed by atoms with Crippen molar-refractivity contribution in [1.82, 2.24) is 34.2 Å². The first-order chi connectivity index (χ1) is 19.0. The van der Waals surface area contributed by atoms with Crippen LogP contribution in [-0.4, -0.2) is 104 Å². The molecule has 2 bridgehead atoms. The van der Waals surface area contributed by atoms with Gasteiger partial charge in [0.2, 0.25) is 11.9 Å². The molecule has 3 aliphatic heterocycles. The quantitative estimate of drug-likeness (QED) is 0.473. The molecule has 39 heavy (non-hydrogen) atoms. The maximum absolute atomic E-state index is 13.1. The number of piperazine rings is 1. The molecular formula is C27H35N9O2S. The van der Waals surface area contributed by atoms with Gasteiger partial charge in [-0.05, 0) is 43.9 Å². The predicted octanol–water partition coefficient (Wildman–Crippen LogP) is 1.84. The van der Waals surface area contributed by atoms with Crippen molar-refractivity contribution in [2.45, 2.75) is 19.4 Å². The number of hydrogen-bond donors (Lipinski definition) is 1. The number of pyridine rings is 1. The fraction of sp³-hybridized carbons (Fsp3) is 0.593. The number of amides is 1. The first kappa shape index (κ1) is 24.9. The summed E-state index contributed by atoms with van der Waals surface area (Å²) in [4.78, 5) is 37.2. The lowest BCUT2D eigenvalue weighted by Gasteiger charge is -2.40. The topological polar surface area (TPSA) is 104 Å². The smallest absolute Gasteiger partial charge is 0.247 e. The molecular weight excluding hydrogens is 514 g/mol. The third-order valence-corrected chi connectivity index (χ3v) is 10.2. The number of carbonyl (C=O) groups excluding carboxylic acids is 2. The number of thioether (sulfide) groups is 1. The standard InChI is InChI=1S/C27H35N9O2S/c1-32-7-9-33(10-8-32)23(37)15-35-14-21(11-28-35)29-27-30-26-22(3-2-6-36(26)31-27)34-12-18-4-5-19(13-34)24(18)25(38)20-16-39-17-20/h2-3,6,11,14,18-20,24H,4-5,7-10,12-13,15-17H2,1H3,(H,29,31). The van der Waals surface area contributed by atoms with Crippen LogP contribution < -0.4 is 10.2 Å². The molecule has 3 aromatic heterocycles. The highest BCUT2D eigenvalue weighted by molar-refractivity contribution is 8.00. The maximum Gasteiger partial charge on any atom is 0.247 e. The second-order valence-electron chi connectivity index (χ2n) is 11.5. The normalized spacial score (nSPS) is 25.7. The van der Waals surface area contributed by atoms with Crippen molar-refractivity contribution in [1.29, 1.82) is 0 Å². The average Bonchev–Trinajstić information content (AvgIpc) is 3.58. The number of carbonyl (C=O) groups is 2. The Morgan fingerprint density at radius 1 is 1.10 bits per heavy atom. The summed E-state index contributed by atoms with van der Waals surface area (Å²) in [6.07, 6.45) is 7.71. The van der Waals surface area contributed by atoms with Crippen molar-refractivity contribution in [3.63, 3.8) is 0 Å². The van der Waals surface area contributed by atoms with E-state index in [-0.39, 0.29) is 24.3 Å². The van der Waals surface area contributed by atoms with Crippen LogP contribution in [0.2, 0.25) is 0 Å². The van der Waals surface area contributed by atoms with Crippen molar-refractivity contribution >= 4 is 46.4 Å². The van der Waals surface area contributed by atoms with Gasteiger partial charge in [-0.1, -0.05) is 0 Å². The van der Waals surface area contributed by atoms with E-state index in [2.05, 4.69) is 38.4 Å². The number of Topliss-reactive ketones (excluding diaryl/α,β-unsaturated/α-hetero) is 1. The Bertz CT molecular complexity index is 1360. The van der Waals surface area contributed by atoms with Gasteiger partial charge in [0, 0.05) is 75.0 Å². The number of ketones is 1. The van der Waals surface area contributed by atoms with Gasteiger partial charge in [-0.3, -0.25) is 14.3 Å². The molecule has 4 fully saturated rings.